The smallest absolute Gasteiger partial charge is 0.410 e. The molecule has 1 aliphatic carbocycles. The van der Waals surface area contributed by atoms with Gasteiger partial charge in [0.05, 0.1) is 0 Å². The average Bonchev–Trinajstić information content (AvgIpc) is 3.08. The lowest BCUT2D eigenvalue weighted by Crippen LogP contribution is -2.57. The van der Waals surface area contributed by atoms with Crippen LogP contribution in [0.5, 0.6) is 0 Å². The molecule has 1 saturated heterocycles. The molecule has 1 N–H and O–H groups in total. The molecule has 0 radical (unpaired) electrons. The highest BCUT2D eigenvalue weighted by atomic mass is 79.9. The molecular formula is C22H26BrN3O5. The zero-order valence-electron chi connectivity index (χ0n) is 17.4. The van der Waals surface area contributed by atoms with Crippen molar-refractivity contribution < 1.29 is 24.2 Å². The third kappa shape index (κ3) is 4.62. The van der Waals surface area contributed by atoms with Gasteiger partial charge in [0.15, 0.2) is 0 Å². The van der Waals surface area contributed by atoms with Crippen molar-refractivity contribution >= 4 is 28.0 Å². The van der Waals surface area contributed by atoms with Gasteiger partial charge in [0.1, 0.15) is 29.2 Å². The van der Waals surface area contributed by atoms with E-state index in [2.05, 4.69) is 20.9 Å². The number of nitrogens with zero attached hydrogens (tertiary/aromatic N) is 3. The Balaban J connectivity index is 1.36. The molecular weight excluding hydrogens is 466 g/mol. The van der Waals surface area contributed by atoms with Gasteiger partial charge in [-0.25, -0.2) is 14.6 Å². The van der Waals surface area contributed by atoms with Crippen molar-refractivity contribution in [2.75, 3.05) is 19.7 Å². The summed E-state index contributed by atoms with van der Waals surface area (Å²) in [6.45, 7) is 1.14. The maximum atomic E-state index is 12.5. The van der Waals surface area contributed by atoms with Crippen LogP contribution in [-0.4, -0.2) is 51.3 Å². The van der Waals surface area contributed by atoms with Crippen LogP contribution >= 0.6 is 15.9 Å². The number of benzene rings is 1. The lowest BCUT2D eigenvalue weighted by atomic mass is 9.54. The fourth-order valence-corrected chi connectivity index (χ4v) is 5.34. The van der Waals surface area contributed by atoms with E-state index in [1.165, 1.54) is 0 Å². The molecule has 8 nitrogen and oxygen atoms in total. The zero-order valence-corrected chi connectivity index (χ0v) is 19.0. The summed E-state index contributed by atoms with van der Waals surface area (Å²) in [5, 5.41) is 9.13. The molecule has 2 heterocycles. The molecule has 0 unspecified atom stereocenters. The number of carbonyl (C=O) groups excluding carboxylic acids is 1. The van der Waals surface area contributed by atoms with Gasteiger partial charge in [-0.1, -0.05) is 30.3 Å². The van der Waals surface area contributed by atoms with E-state index in [4.69, 9.17) is 14.6 Å². The van der Waals surface area contributed by atoms with Crippen molar-refractivity contribution in [3.8, 4) is 0 Å². The lowest BCUT2D eigenvalue weighted by molar-refractivity contribution is -0.202. The molecule has 1 aliphatic heterocycles. The number of amides is 1. The highest BCUT2D eigenvalue weighted by molar-refractivity contribution is 9.10. The van der Waals surface area contributed by atoms with Crippen molar-refractivity contribution in [2.45, 2.75) is 37.9 Å². The number of hydrogen-bond acceptors (Lipinski definition) is 5. The molecule has 0 bridgehead atoms. The minimum Gasteiger partial charge on any atom is -0.480 e. The Kier molecular flexibility index (Phi) is 6.07. The number of carboxylic acids is 1. The van der Waals surface area contributed by atoms with E-state index in [1.807, 2.05) is 48.1 Å². The summed E-state index contributed by atoms with van der Waals surface area (Å²) >= 11 is 3.39. The van der Waals surface area contributed by atoms with E-state index in [0.29, 0.717) is 30.5 Å². The number of ether oxygens (including phenoxy) is 2. The predicted octanol–water partition coefficient (Wildman–Crippen LogP) is 3.69. The van der Waals surface area contributed by atoms with E-state index in [0.717, 1.165) is 24.2 Å². The Labute approximate surface area is 189 Å². The summed E-state index contributed by atoms with van der Waals surface area (Å²) in [6.07, 6.45) is 4.60. The van der Waals surface area contributed by atoms with Gasteiger partial charge in [0.2, 0.25) is 0 Å². The average molecular weight is 492 g/mol. The third-order valence-corrected chi connectivity index (χ3v) is 6.72. The van der Waals surface area contributed by atoms with E-state index in [1.54, 1.807) is 4.90 Å². The number of rotatable bonds is 6. The largest absolute Gasteiger partial charge is 0.480 e. The second kappa shape index (κ2) is 8.63. The Hall–Kier alpha value is -2.39. The number of aliphatic carboxylic acids is 1. The minimum atomic E-state index is -0.996. The van der Waals surface area contributed by atoms with Crippen LogP contribution in [0.3, 0.4) is 0 Å². The second-order valence-corrected chi connectivity index (χ2v) is 9.37. The van der Waals surface area contributed by atoms with Gasteiger partial charge in [-0.15, -0.1) is 0 Å². The van der Waals surface area contributed by atoms with Crippen molar-refractivity contribution in [1.82, 2.24) is 14.5 Å². The molecule has 2 fully saturated rings. The number of carboxylic acid groups (broad SMARTS) is 1. The standard InChI is InChI=1S/C22H26BrN3O5/c1-25-11-17(23)24-19(25)22(31-13-18(27)28)14-21(15-22)7-9-26(10-8-21)20(29)30-12-16-5-3-2-4-6-16/h2-6,11H,7-10,12-15H2,1H3,(H,27,28). The van der Waals surface area contributed by atoms with Crippen LogP contribution < -0.4 is 0 Å². The van der Waals surface area contributed by atoms with Crippen LogP contribution in [0.25, 0.3) is 0 Å². The van der Waals surface area contributed by atoms with Gasteiger partial charge in [-0.3, -0.25) is 0 Å². The summed E-state index contributed by atoms with van der Waals surface area (Å²) in [5.41, 5.74) is 0.271. The first-order valence-electron chi connectivity index (χ1n) is 10.3. The van der Waals surface area contributed by atoms with Crippen molar-refractivity contribution in [3.63, 3.8) is 0 Å². The summed E-state index contributed by atoms with van der Waals surface area (Å²) in [4.78, 5) is 29.9. The van der Waals surface area contributed by atoms with Crippen LogP contribution in [0, 0.1) is 5.41 Å². The first-order chi connectivity index (χ1) is 14.8. The molecule has 1 amide bonds. The second-order valence-electron chi connectivity index (χ2n) is 8.56. The van der Waals surface area contributed by atoms with Gasteiger partial charge >= 0.3 is 12.1 Å². The SMILES string of the molecule is Cn1cc(Br)nc1C1(OCC(=O)O)CC2(CCN(C(=O)OCc3ccccc3)CC2)C1. The summed E-state index contributed by atoms with van der Waals surface area (Å²) in [7, 11) is 1.88. The predicted molar refractivity (Wildman–Crippen MR) is 115 cm³/mol. The first-order valence-corrected chi connectivity index (χ1v) is 11.1. The van der Waals surface area contributed by atoms with Crippen molar-refractivity contribution in [2.24, 2.45) is 12.5 Å². The lowest BCUT2D eigenvalue weighted by Gasteiger charge is -2.57. The third-order valence-electron chi connectivity index (χ3n) is 6.33. The molecule has 9 heteroatoms. The van der Waals surface area contributed by atoms with Crippen LogP contribution in [0.1, 0.15) is 37.1 Å². The molecule has 4 rings (SSSR count). The molecule has 2 aliphatic rings. The van der Waals surface area contributed by atoms with Gasteiger partial charge in [0.25, 0.3) is 0 Å². The van der Waals surface area contributed by atoms with Gasteiger partial charge in [0, 0.05) is 26.3 Å². The van der Waals surface area contributed by atoms with E-state index in [-0.39, 0.29) is 24.7 Å². The van der Waals surface area contributed by atoms with E-state index >= 15 is 0 Å². The molecule has 0 atom stereocenters. The quantitative estimate of drug-likeness (QED) is 0.661. The van der Waals surface area contributed by atoms with Gasteiger partial charge in [-0.2, -0.15) is 0 Å². The number of hydrogen-bond donors (Lipinski definition) is 1. The summed E-state index contributed by atoms with van der Waals surface area (Å²) in [5.74, 6) is -0.263. The van der Waals surface area contributed by atoms with Crippen molar-refractivity contribution in [1.29, 1.82) is 0 Å². The van der Waals surface area contributed by atoms with Crippen molar-refractivity contribution in [3.05, 3.63) is 52.5 Å². The summed E-state index contributed by atoms with van der Waals surface area (Å²) < 4.78 is 13.9. The molecule has 31 heavy (non-hydrogen) atoms. The Morgan fingerprint density at radius 1 is 1.19 bits per heavy atom. The number of carbonyl (C=O) groups is 2. The molecule has 166 valence electrons. The number of aromatic nitrogens is 2. The number of piperidine rings is 1. The number of likely N-dealkylation sites (tertiary alicyclic amines) is 1. The van der Waals surface area contributed by atoms with E-state index in [9.17, 15) is 9.59 Å². The van der Waals surface area contributed by atoms with Gasteiger partial charge < -0.3 is 24.0 Å². The maximum Gasteiger partial charge on any atom is 0.410 e. The highest BCUT2D eigenvalue weighted by Gasteiger charge is 2.59. The minimum absolute atomic E-state index is 0.0210. The molecule has 1 aromatic carbocycles. The Morgan fingerprint density at radius 3 is 2.45 bits per heavy atom. The zero-order chi connectivity index (χ0) is 22.1. The maximum absolute atomic E-state index is 12.5. The molecule has 1 aromatic heterocycles. The Bertz CT molecular complexity index is 945. The first kappa shape index (κ1) is 21.8. The Morgan fingerprint density at radius 2 is 1.87 bits per heavy atom. The topological polar surface area (TPSA) is 93.9 Å². The van der Waals surface area contributed by atoms with Crippen LogP contribution in [-0.2, 0) is 33.5 Å². The normalized spacial score (nSPS) is 19.1. The fraction of sp³-hybridized carbons (Fsp3) is 0.500. The van der Waals surface area contributed by atoms with Crippen LogP contribution in [0.2, 0.25) is 0 Å². The highest BCUT2D eigenvalue weighted by Crippen LogP contribution is 2.60. The molecule has 1 spiro atoms. The number of halogens is 1. The van der Waals surface area contributed by atoms with Crippen LogP contribution in [0.4, 0.5) is 4.79 Å². The number of aryl methyl sites for hydroxylation is 1. The van der Waals surface area contributed by atoms with Crippen LogP contribution in [0.15, 0.2) is 41.1 Å². The van der Waals surface area contributed by atoms with Gasteiger partial charge in [-0.05, 0) is 52.6 Å². The fourth-order valence-electron chi connectivity index (χ4n) is 4.87. The monoisotopic (exact) mass is 491 g/mol. The molecule has 1 saturated carbocycles. The summed E-state index contributed by atoms with van der Waals surface area (Å²) in [6, 6.07) is 9.63. The molecule has 2 aromatic rings. The number of imidazole rings is 1. The van der Waals surface area contributed by atoms with E-state index < -0.39 is 11.6 Å².